The van der Waals surface area contributed by atoms with E-state index in [1.807, 2.05) is 12.1 Å². The highest BCUT2D eigenvalue weighted by atomic mass is 32.2. The molecule has 10 heteroatoms. The third-order valence-electron chi connectivity index (χ3n) is 3.65. The lowest BCUT2D eigenvalue weighted by molar-refractivity contribution is -0.120. The second-order valence-corrected chi connectivity index (χ2v) is 9.11. The number of pyridine rings is 1. The number of hydrogen-bond donors (Lipinski definition) is 2. The second-order valence-electron chi connectivity index (χ2n) is 5.57. The van der Waals surface area contributed by atoms with E-state index in [4.69, 9.17) is 0 Å². The first-order valence-corrected chi connectivity index (χ1v) is 10.1. The van der Waals surface area contributed by atoms with Crippen LogP contribution in [0.15, 0.2) is 29.7 Å². The van der Waals surface area contributed by atoms with E-state index in [2.05, 4.69) is 25.5 Å². The van der Waals surface area contributed by atoms with E-state index >= 15 is 0 Å². The molecule has 1 fully saturated rings. The summed E-state index contributed by atoms with van der Waals surface area (Å²) in [6, 6.07) is 3.32. The first-order chi connectivity index (χ1) is 11.4. The Morgan fingerprint density at radius 1 is 1.42 bits per heavy atom. The van der Waals surface area contributed by atoms with Gasteiger partial charge in [-0.25, -0.2) is 13.4 Å². The lowest BCUT2D eigenvalue weighted by Crippen LogP contribution is -2.39. The monoisotopic (exact) mass is 367 g/mol. The largest absolute Gasteiger partial charge is 0.351 e. The van der Waals surface area contributed by atoms with Crippen molar-refractivity contribution in [3.05, 3.63) is 24.5 Å². The third-order valence-corrected chi connectivity index (χ3v) is 6.38. The molecule has 8 nitrogen and oxygen atoms in total. The van der Waals surface area contributed by atoms with Crippen LogP contribution < -0.4 is 5.32 Å². The molecule has 1 amide bonds. The number of amides is 1. The predicted molar refractivity (Wildman–Crippen MR) is 90.1 cm³/mol. The van der Waals surface area contributed by atoms with E-state index in [9.17, 15) is 13.2 Å². The first kappa shape index (κ1) is 16.9. The van der Waals surface area contributed by atoms with Crippen LogP contribution in [0.5, 0.6) is 0 Å². The van der Waals surface area contributed by atoms with E-state index < -0.39 is 15.1 Å². The molecule has 0 aliphatic carbocycles. The van der Waals surface area contributed by atoms with Crippen molar-refractivity contribution in [2.45, 2.75) is 29.8 Å². The maximum atomic E-state index is 12.2. The second kappa shape index (κ2) is 6.89. The number of nitrogens with zero attached hydrogens (tertiary/aromatic N) is 3. The van der Waals surface area contributed by atoms with Crippen molar-refractivity contribution >= 4 is 27.5 Å². The minimum Gasteiger partial charge on any atom is -0.351 e. The predicted octanol–water partition coefficient (Wildman–Crippen LogP) is 0.651. The van der Waals surface area contributed by atoms with Gasteiger partial charge < -0.3 is 5.32 Å². The van der Waals surface area contributed by atoms with Gasteiger partial charge in [-0.3, -0.25) is 14.9 Å². The summed E-state index contributed by atoms with van der Waals surface area (Å²) < 4.78 is 22.9. The van der Waals surface area contributed by atoms with E-state index in [1.54, 1.807) is 19.3 Å². The molecule has 2 atom stereocenters. The number of carbonyl (C=O) groups is 1. The fraction of sp³-hybridized carbons (Fsp3) is 0.429. The molecule has 24 heavy (non-hydrogen) atoms. The Morgan fingerprint density at radius 3 is 2.83 bits per heavy atom. The normalized spacial score (nSPS) is 20.6. The molecule has 0 unspecified atom stereocenters. The van der Waals surface area contributed by atoms with Crippen LogP contribution >= 0.6 is 11.8 Å². The Kier molecular flexibility index (Phi) is 4.86. The van der Waals surface area contributed by atoms with Crippen LogP contribution in [0.1, 0.15) is 13.3 Å². The van der Waals surface area contributed by atoms with Gasteiger partial charge >= 0.3 is 0 Å². The van der Waals surface area contributed by atoms with Gasteiger partial charge in [-0.1, -0.05) is 11.8 Å². The van der Waals surface area contributed by atoms with Crippen molar-refractivity contribution in [1.29, 1.82) is 0 Å². The molecule has 0 radical (unpaired) electrons. The fourth-order valence-electron chi connectivity index (χ4n) is 2.38. The summed E-state index contributed by atoms with van der Waals surface area (Å²) >= 11 is 1.22. The van der Waals surface area contributed by atoms with Crippen molar-refractivity contribution in [1.82, 2.24) is 25.5 Å². The number of H-pyrrole nitrogens is 1. The summed E-state index contributed by atoms with van der Waals surface area (Å²) in [5.41, 5.74) is 0.859. The van der Waals surface area contributed by atoms with E-state index in [-0.39, 0.29) is 23.5 Å². The van der Waals surface area contributed by atoms with Gasteiger partial charge in [0.1, 0.15) is 0 Å². The quantitative estimate of drug-likeness (QED) is 0.745. The molecule has 1 aliphatic rings. The van der Waals surface area contributed by atoms with Crippen molar-refractivity contribution in [3.8, 4) is 11.4 Å². The van der Waals surface area contributed by atoms with Crippen molar-refractivity contribution < 1.29 is 13.2 Å². The molecule has 0 aromatic carbocycles. The average molecular weight is 367 g/mol. The Labute approximate surface area is 143 Å². The number of sulfone groups is 1. The number of hydrogen-bond acceptors (Lipinski definition) is 7. The Morgan fingerprint density at radius 2 is 2.17 bits per heavy atom. The molecule has 3 rings (SSSR count). The Balaban J connectivity index is 1.58. The smallest absolute Gasteiger partial charge is 0.233 e. The van der Waals surface area contributed by atoms with Crippen LogP contribution in [0.25, 0.3) is 11.4 Å². The summed E-state index contributed by atoms with van der Waals surface area (Å²) in [4.78, 5) is 20.5. The summed E-state index contributed by atoms with van der Waals surface area (Å²) in [5, 5.41) is 9.75. The Hall–Kier alpha value is -1.94. The van der Waals surface area contributed by atoms with Gasteiger partial charge in [-0.2, -0.15) is 0 Å². The number of aromatic nitrogens is 4. The molecule has 2 aromatic heterocycles. The van der Waals surface area contributed by atoms with Gasteiger partial charge in [0.15, 0.2) is 15.7 Å². The molecular formula is C14H17N5O3S2. The summed E-state index contributed by atoms with van der Waals surface area (Å²) in [6.07, 6.45) is 3.80. The van der Waals surface area contributed by atoms with Crippen LogP contribution in [0.4, 0.5) is 0 Å². The van der Waals surface area contributed by atoms with Crippen LogP contribution in [0.3, 0.4) is 0 Å². The minimum atomic E-state index is -3.01. The zero-order chi connectivity index (χ0) is 17.2. The van der Waals surface area contributed by atoms with Gasteiger partial charge in [-0.05, 0) is 25.5 Å². The van der Waals surface area contributed by atoms with Crippen molar-refractivity contribution in [3.63, 3.8) is 0 Å². The standard InChI is InChI=1S/C14H17N5O3S2/c1-9(13(20)16-11-4-7-24(21,22)8-11)23-14-17-12(18-19-14)10-2-5-15-6-3-10/h2-3,5-6,9,11H,4,7-8H2,1H3,(H,16,20)(H,17,18,19)/t9-,11+/m0/s1. The van der Waals surface area contributed by atoms with Crippen molar-refractivity contribution in [2.24, 2.45) is 0 Å². The van der Waals surface area contributed by atoms with E-state index in [1.165, 1.54) is 11.8 Å². The molecule has 0 bridgehead atoms. The lowest BCUT2D eigenvalue weighted by atomic mass is 10.2. The summed E-state index contributed by atoms with van der Waals surface area (Å²) in [7, 11) is -3.01. The van der Waals surface area contributed by atoms with Gasteiger partial charge in [0.25, 0.3) is 0 Å². The van der Waals surface area contributed by atoms with Gasteiger partial charge in [0, 0.05) is 24.0 Å². The lowest BCUT2D eigenvalue weighted by Gasteiger charge is -2.14. The number of rotatable bonds is 5. The SMILES string of the molecule is C[C@H](Sc1n[nH]c(-c2ccncc2)n1)C(=O)N[C@@H]1CCS(=O)(=O)C1. The van der Waals surface area contributed by atoms with Gasteiger partial charge in [0.05, 0.1) is 16.8 Å². The van der Waals surface area contributed by atoms with Gasteiger partial charge in [0.2, 0.25) is 11.1 Å². The molecule has 0 saturated carbocycles. The molecule has 2 aromatic rings. The van der Waals surface area contributed by atoms with Gasteiger partial charge in [-0.15, -0.1) is 5.10 Å². The fourth-order valence-corrected chi connectivity index (χ4v) is 4.78. The number of nitrogens with one attached hydrogen (secondary N) is 2. The Bertz CT molecular complexity index is 822. The average Bonchev–Trinajstić information content (AvgIpc) is 3.14. The maximum Gasteiger partial charge on any atom is 0.233 e. The highest BCUT2D eigenvalue weighted by Gasteiger charge is 2.30. The number of thioether (sulfide) groups is 1. The topological polar surface area (TPSA) is 118 Å². The minimum absolute atomic E-state index is 0.0168. The number of aromatic amines is 1. The molecule has 128 valence electrons. The molecule has 1 saturated heterocycles. The molecule has 1 aliphatic heterocycles. The van der Waals surface area contributed by atoms with Crippen LogP contribution in [-0.4, -0.2) is 57.3 Å². The zero-order valence-electron chi connectivity index (χ0n) is 13.0. The number of carbonyl (C=O) groups excluding carboxylic acids is 1. The van der Waals surface area contributed by atoms with Crippen LogP contribution in [0, 0.1) is 0 Å². The molecule has 3 heterocycles. The maximum absolute atomic E-state index is 12.2. The van der Waals surface area contributed by atoms with Crippen LogP contribution in [-0.2, 0) is 14.6 Å². The molecule has 0 spiro atoms. The zero-order valence-corrected chi connectivity index (χ0v) is 14.6. The molecule has 2 N–H and O–H groups in total. The summed E-state index contributed by atoms with van der Waals surface area (Å²) in [6.45, 7) is 1.74. The third kappa shape index (κ3) is 4.12. The molecular weight excluding hydrogens is 350 g/mol. The highest BCUT2D eigenvalue weighted by Crippen LogP contribution is 2.23. The van der Waals surface area contributed by atoms with Crippen molar-refractivity contribution in [2.75, 3.05) is 11.5 Å². The highest BCUT2D eigenvalue weighted by molar-refractivity contribution is 8.00. The van der Waals surface area contributed by atoms with E-state index in [0.29, 0.717) is 17.4 Å². The van der Waals surface area contributed by atoms with E-state index in [0.717, 1.165) is 5.56 Å². The van der Waals surface area contributed by atoms with Crippen LogP contribution in [0.2, 0.25) is 0 Å². The first-order valence-electron chi connectivity index (χ1n) is 7.43. The summed E-state index contributed by atoms with van der Waals surface area (Å²) in [5.74, 6) is 0.547.